The van der Waals surface area contributed by atoms with Crippen LogP contribution in [0, 0.1) is 11.3 Å². The maximum Gasteiger partial charge on any atom is 0.143 e. The van der Waals surface area contributed by atoms with Crippen LogP contribution in [-0.2, 0) is 0 Å². The Balaban J connectivity index is 1.80. The van der Waals surface area contributed by atoms with Crippen LogP contribution in [0.1, 0.15) is 31.2 Å². The molecule has 4 heteroatoms. The fraction of sp³-hybridized carbons (Fsp3) is 0.562. The lowest BCUT2D eigenvalue weighted by atomic mass is 9.97. The lowest BCUT2D eigenvalue weighted by Gasteiger charge is -2.37. The Morgan fingerprint density at radius 3 is 2.60 bits per heavy atom. The van der Waals surface area contributed by atoms with E-state index in [4.69, 9.17) is 4.74 Å². The van der Waals surface area contributed by atoms with Crippen LogP contribution in [0.25, 0.3) is 0 Å². The summed E-state index contributed by atoms with van der Waals surface area (Å²) >= 11 is 0. The molecule has 106 valence electrons. The number of hydrogen-bond donors (Lipinski definition) is 1. The number of nitrogens with zero attached hydrogens (tertiary/aromatic N) is 2. The summed E-state index contributed by atoms with van der Waals surface area (Å²) in [5.74, 6) is 0.760. The molecule has 0 aliphatic carbocycles. The van der Waals surface area contributed by atoms with E-state index >= 15 is 0 Å². The summed E-state index contributed by atoms with van der Waals surface area (Å²) in [6.07, 6.45) is 4.90. The van der Waals surface area contributed by atoms with Gasteiger partial charge in [-0.15, -0.1) is 0 Å². The summed E-state index contributed by atoms with van der Waals surface area (Å²) in [4.78, 5) is 2.52. The molecule has 2 aliphatic rings. The van der Waals surface area contributed by atoms with Gasteiger partial charge in [-0.3, -0.25) is 0 Å². The second-order valence-electron chi connectivity index (χ2n) is 5.86. The molecule has 2 atom stereocenters. The van der Waals surface area contributed by atoms with Gasteiger partial charge in [-0.2, -0.15) is 5.26 Å². The van der Waals surface area contributed by atoms with E-state index in [0.29, 0.717) is 23.7 Å². The van der Waals surface area contributed by atoms with Gasteiger partial charge in [0.25, 0.3) is 0 Å². The molecule has 4 nitrogen and oxygen atoms in total. The quantitative estimate of drug-likeness (QED) is 0.918. The van der Waals surface area contributed by atoms with Crippen LogP contribution in [0.5, 0.6) is 5.75 Å². The van der Waals surface area contributed by atoms with Gasteiger partial charge in [-0.1, -0.05) is 6.07 Å². The van der Waals surface area contributed by atoms with Crippen molar-refractivity contribution in [2.75, 3.05) is 19.5 Å². The first-order valence-electron chi connectivity index (χ1n) is 7.28. The molecule has 20 heavy (non-hydrogen) atoms. The second kappa shape index (κ2) is 5.34. The number of benzene rings is 1. The van der Waals surface area contributed by atoms with Gasteiger partial charge < -0.3 is 15.0 Å². The van der Waals surface area contributed by atoms with Crippen molar-refractivity contribution < 1.29 is 4.74 Å². The average Bonchev–Trinajstić information content (AvgIpc) is 2.69. The minimum Gasteiger partial charge on any atom is -0.495 e. The van der Waals surface area contributed by atoms with E-state index in [9.17, 15) is 5.26 Å². The number of nitrogens with one attached hydrogen (secondary N) is 1. The van der Waals surface area contributed by atoms with Gasteiger partial charge in [0.05, 0.1) is 18.4 Å². The fourth-order valence-electron chi connectivity index (χ4n) is 3.68. The van der Waals surface area contributed by atoms with E-state index in [1.54, 1.807) is 7.11 Å². The predicted octanol–water partition coefficient (Wildman–Crippen LogP) is 2.60. The fourth-order valence-corrected chi connectivity index (χ4v) is 3.68. The summed E-state index contributed by atoms with van der Waals surface area (Å²) in [7, 11) is 3.89. The highest BCUT2D eigenvalue weighted by Gasteiger charge is 2.38. The first-order chi connectivity index (χ1) is 9.72. The summed E-state index contributed by atoms with van der Waals surface area (Å²) in [6.45, 7) is 0. The van der Waals surface area contributed by atoms with Crippen molar-refractivity contribution in [1.29, 1.82) is 5.26 Å². The Morgan fingerprint density at radius 1 is 1.30 bits per heavy atom. The maximum absolute atomic E-state index is 9.27. The molecule has 2 bridgehead atoms. The Bertz CT molecular complexity index is 523. The van der Waals surface area contributed by atoms with Gasteiger partial charge in [0.2, 0.25) is 0 Å². The van der Waals surface area contributed by atoms with Crippen molar-refractivity contribution in [1.82, 2.24) is 4.90 Å². The van der Waals surface area contributed by atoms with Crippen LogP contribution < -0.4 is 10.1 Å². The molecule has 0 spiro atoms. The number of ether oxygens (including phenoxy) is 1. The Hall–Kier alpha value is -1.73. The maximum atomic E-state index is 9.27. The van der Waals surface area contributed by atoms with Crippen LogP contribution in [0.3, 0.4) is 0 Å². The zero-order valence-corrected chi connectivity index (χ0v) is 12.1. The highest BCUT2D eigenvalue weighted by molar-refractivity contribution is 5.66. The summed E-state index contributed by atoms with van der Waals surface area (Å²) < 4.78 is 5.40. The molecule has 0 saturated carbocycles. The van der Waals surface area contributed by atoms with Crippen LogP contribution in [0.15, 0.2) is 18.2 Å². The molecule has 2 heterocycles. The molecule has 1 aromatic carbocycles. The topological polar surface area (TPSA) is 48.3 Å². The van der Waals surface area contributed by atoms with Crippen LogP contribution >= 0.6 is 0 Å². The van der Waals surface area contributed by atoms with Crippen molar-refractivity contribution in [2.24, 2.45) is 0 Å². The van der Waals surface area contributed by atoms with E-state index < -0.39 is 0 Å². The normalized spacial score (nSPS) is 28.9. The van der Waals surface area contributed by atoms with Crippen molar-refractivity contribution in [2.45, 2.75) is 43.8 Å². The SMILES string of the molecule is COc1cccc(C#N)c1NC1CC2CCC(C1)N2C. The summed E-state index contributed by atoms with van der Waals surface area (Å²) in [5.41, 5.74) is 1.52. The van der Waals surface area contributed by atoms with Gasteiger partial charge >= 0.3 is 0 Å². The molecule has 1 N–H and O–H groups in total. The van der Waals surface area contributed by atoms with E-state index in [1.165, 1.54) is 12.8 Å². The number of fused-ring (bicyclic) bond motifs is 2. The molecule has 2 fully saturated rings. The number of anilines is 1. The standard InChI is InChI=1S/C16H21N3O/c1-19-13-6-7-14(19)9-12(8-13)18-16-11(10-17)4-3-5-15(16)20-2/h3-5,12-14,18H,6-9H2,1-2H3. The number of piperidine rings is 1. The predicted molar refractivity (Wildman–Crippen MR) is 78.9 cm³/mol. The third-order valence-electron chi connectivity index (χ3n) is 4.81. The number of nitriles is 1. The first kappa shape index (κ1) is 13.3. The molecule has 1 aromatic rings. The van der Waals surface area contributed by atoms with E-state index in [-0.39, 0.29) is 0 Å². The molecule has 2 unspecified atom stereocenters. The smallest absolute Gasteiger partial charge is 0.143 e. The second-order valence-corrected chi connectivity index (χ2v) is 5.86. The zero-order valence-electron chi connectivity index (χ0n) is 12.1. The van der Waals surface area contributed by atoms with E-state index in [2.05, 4.69) is 23.3 Å². The third-order valence-corrected chi connectivity index (χ3v) is 4.81. The van der Waals surface area contributed by atoms with E-state index in [1.807, 2.05) is 18.2 Å². The highest BCUT2D eigenvalue weighted by Crippen LogP contribution is 2.37. The average molecular weight is 271 g/mol. The first-order valence-corrected chi connectivity index (χ1v) is 7.28. The van der Waals surface area contributed by atoms with Crippen molar-refractivity contribution in [3.05, 3.63) is 23.8 Å². The molecule has 3 rings (SSSR count). The van der Waals surface area contributed by atoms with Gasteiger partial charge in [0.1, 0.15) is 11.8 Å². The number of para-hydroxylation sites is 1. The Morgan fingerprint density at radius 2 is 2.00 bits per heavy atom. The summed E-state index contributed by atoms with van der Waals surface area (Å²) in [6, 6.07) is 9.68. The zero-order chi connectivity index (χ0) is 14.1. The monoisotopic (exact) mass is 271 g/mol. The lowest BCUT2D eigenvalue weighted by molar-refractivity contribution is 0.169. The number of hydrogen-bond acceptors (Lipinski definition) is 4. The number of rotatable bonds is 3. The van der Waals surface area contributed by atoms with Crippen LogP contribution in [-0.4, -0.2) is 37.2 Å². The Labute approximate surface area is 120 Å². The third kappa shape index (κ3) is 2.23. The largest absolute Gasteiger partial charge is 0.495 e. The molecule has 0 amide bonds. The molecular weight excluding hydrogens is 250 g/mol. The molecule has 2 aliphatic heterocycles. The van der Waals surface area contributed by atoms with Crippen molar-refractivity contribution in [3.8, 4) is 11.8 Å². The van der Waals surface area contributed by atoms with E-state index in [0.717, 1.165) is 24.3 Å². The van der Waals surface area contributed by atoms with Gasteiger partial charge in [-0.05, 0) is 44.9 Å². The highest BCUT2D eigenvalue weighted by atomic mass is 16.5. The van der Waals surface area contributed by atoms with Crippen LogP contribution in [0.4, 0.5) is 5.69 Å². The minimum absolute atomic E-state index is 0.437. The molecular formula is C16H21N3O. The van der Waals surface area contributed by atoms with Crippen molar-refractivity contribution in [3.63, 3.8) is 0 Å². The Kier molecular flexibility index (Phi) is 3.54. The van der Waals surface area contributed by atoms with Gasteiger partial charge in [0.15, 0.2) is 0 Å². The molecule has 0 radical (unpaired) electrons. The molecule has 2 saturated heterocycles. The summed E-state index contributed by atoms with van der Waals surface area (Å²) in [5, 5.41) is 12.8. The number of methoxy groups -OCH3 is 1. The minimum atomic E-state index is 0.437. The molecule has 0 aromatic heterocycles. The van der Waals surface area contributed by atoms with Gasteiger partial charge in [0, 0.05) is 18.1 Å². The van der Waals surface area contributed by atoms with Crippen molar-refractivity contribution >= 4 is 5.69 Å². The van der Waals surface area contributed by atoms with Gasteiger partial charge in [-0.25, -0.2) is 0 Å². The lowest BCUT2D eigenvalue weighted by Crippen LogP contribution is -2.44. The van der Waals surface area contributed by atoms with Crippen LogP contribution in [0.2, 0.25) is 0 Å².